The molecule has 0 saturated heterocycles. The van der Waals surface area contributed by atoms with Gasteiger partial charge in [0.2, 0.25) is 0 Å². The van der Waals surface area contributed by atoms with Crippen molar-refractivity contribution in [2.45, 2.75) is 79.7 Å². The van der Waals surface area contributed by atoms with Crippen molar-refractivity contribution in [3.8, 4) is 11.1 Å². The van der Waals surface area contributed by atoms with Crippen LogP contribution in [0.5, 0.6) is 0 Å². The molecule has 3 aliphatic rings. The molecule has 86 heavy (non-hydrogen) atoms. The minimum atomic E-state index is -0.791. The summed E-state index contributed by atoms with van der Waals surface area (Å²) in [5.74, 6) is 0. The van der Waals surface area contributed by atoms with Crippen LogP contribution in [0.3, 0.4) is 0 Å². The highest BCUT2D eigenvalue weighted by molar-refractivity contribution is 6.01. The number of hydrogen-bond donors (Lipinski definition) is 0. The molecule has 0 aromatic heterocycles. The van der Waals surface area contributed by atoms with Gasteiger partial charge in [0, 0.05) is 62.6 Å². The van der Waals surface area contributed by atoms with Crippen LogP contribution in [0.2, 0.25) is 0 Å². The molecular weight excluding hydrogens is 1040 g/mol. The van der Waals surface area contributed by atoms with Crippen molar-refractivity contribution < 1.29 is 0 Å². The SMILES string of the molecule is Cc1ccc(N(c2ccc(C)cc2)c2ccc3c(c2)C2(C4=C3C=CC(C)(N(c3ccc(C)cc3)c3ccc(C)cc3)C4)c3cc(N(c4ccc(C)cc4)c4ccc(C)cc4)ccc3-c3ccc(N(c4ccc(C)cc4)c4ccc(C)cc4)cc32)cc1. The first-order valence-corrected chi connectivity index (χ1v) is 30.3. The zero-order chi connectivity index (χ0) is 59.0. The van der Waals surface area contributed by atoms with Crippen molar-refractivity contribution in [2.75, 3.05) is 19.6 Å². The van der Waals surface area contributed by atoms with E-state index in [1.807, 2.05) is 0 Å². The van der Waals surface area contributed by atoms with Gasteiger partial charge in [0.15, 0.2) is 0 Å². The van der Waals surface area contributed by atoms with E-state index in [1.54, 1.807) is 0 Å². The van der Waals surface area contributed by atoms with Crippen LogP contribution in [0.15, 0.2) is 266 Å². The lowest BCUT2D eigenvalue weighted by molar-refractivity contribution is 0.527. The summed E-state index contributed by atoms with van der Waals surface area (Å²) in [6.45, 7) is 19.9. The highest BCUT2D eigenvalue weighted by Crippen LogP contribution is 2.67. The highest BCUT2D eigenvalue weighted by Gasteiger charge is 2.56. The molecule has 4 nitrogen and oxygen atoms in total. The Balaban J connectivity index is 1.08. The summed E-state index contributed by atoms with van der Waals surface area (Å²) >= 11 is 0. The number of nitrogens with zero attached hydrogens (tertiary/aromatic N) is 4. The summed E-state index contributed by atoms with van der Waals surface area (Å²) in [5, 5.41) is 0. The van der Waals surface area contributed by atoms with Crippen molar-refractivity contribution in [2.24, 2.45) is 0 Å². The summed E-state index contributed by atoms with van der Waals surface area (Å²) in [6, 6.07) is 94.4. The summed E-state index contributed by atoms with van der Waals surface area (Å²) < 4.78 is 0. The smallest absolute Gasteiger partial charge is 0.0691 e. The standard InChI is InChI=1S/C82H72N4/c1-54-10-26-62(27-11-54)83(63-28-12-55(2)13-29-63)70-42-45-73-74-46-43-71(84(64-30-14-56(3)15-31-64)65-32-16-57(4)17-33-65)51-78(74)82(77(73)50-70)79-52-72(85(66-34-18-58(5)19-35-66)67-36-20-59(6)21-37-67)44-47-75(79)76-48-49-81(9,53-80(76)82)86(68-38-22-60(7)23-39-68)69-40-24-61(8)25-41-69/h10-52H,53H2,1-9H3. The fourth-order valence-corrected chi connectivity index (χ4v) is 13.8. The first-order chi connectivity index (χ1) is 41.7. The Kier molecular flexibility index (Phi) is 13.4. The number of hydrogen-bond acceptors (Lipinski definition) is 4. The summed E-state index contributed by atoms with van der Waals surface area (Å²) in [6.07, 6.45) is 5.72. The van der Waals surface area contributed by atoms with Gasteiger partial charge in [-0.1, -0.05) is 172 Å². The molecule has 0 N–H and O–H groups in total. The molecule has 1 unspecified atom stereocenters. The van der Waals surface area contributed by atoms with Crippen molar-refractivity contribution in [1.29, 1.82) is 0 Å². The third-order valence-corrected chi connectivity index (χ3v) is 18.3. The van der Waals surface area contributed by atoms with E-state index in [-0.39, 0.29) is 0 Å². The predicted octanol–water partition coefficient (Wildman–Crippen LogP) is 22.2. The van der Waals surface area contributed by atoms with E-state index in [0.29, 0.717) is 0 Å². The number of anilines is 11. The topological polar surface area (TPSA) is 13.0 Å². The Morgan fingerprint density at radius 2 is 0.500 bits per heavy atom. The number of allylic oxidation sites excluding steroid dienone is 2. The molecular formula is C82H72N4. The molecule has 1 spiro atoms. The maximum Gasteiger partial charge on any atom is 0.0691 e. The van der Waals surface area contributed by atoms with Gasteiger partial charge in [-0.3, -0.25) is 0 Å². The van der Waals surface area contributed by atoms with Crippen molar-refractivity contribution in [1.82, 2.24) is 0 Å². The summed E-state index contributed by atoms with van der Waals surface area (Å²) in [5.41, 5.74) is 31.0. The lowest BCUT2D eigenvalue weighted by atomic mass is 9.65. The number of aryl methyl sites for hydroxylation is 8. The molecule has 4 heteroatoms. The van der Waals surface area contributed by atoms with Crippen LogP contribution in [0.4, 0.5) is 62.6 Å². The zero-order valence-corrected chi connectivity index (χ0v) is 50.8. The van der Waals surface area contributed by atoms with Crippen LogP contribution in [0.1, 0.15) is 80.1 Å². The molecule has 0 aliphatic heterocycles. The molecule has 1 atom stereocenters. The maximum absolute atomic E-state index is 2.60. The van der Waals surface area contributed by atoms with Crippen LogP contribution in [-0.4, -0.2) is 5.54 Å². The molecule has 0 fully saturated rings. The van der Waals surface area contributed by atoms with E-state index >= 15 is 0 Å². The normalized spacial score (nSPS) is 15.0. The van der Waals surface area contributed by atoms with Gasteiger partial charge < -0.3 is 19.6 Å². The predicted molar refractivity (Wildman–Crippen MR) is 364 cm³/mol. The molecule has 420 valence electrons. The van der Waals surface area contributed by atoms with Gasteiger partial charge in [-0.05, 0) is 247 Å². The summed E-state index contributed by atoms with van der Waals surface area (Å²) in [7, 11) is 0. The average molecular weight is 1110 g/mol. The summed E-state index contributed by atoms with van der Waals surface area (Å²) in [4.78, 5) is 9.97. The van der Waals surface area contributed by atoms with Crippen LogP contribution in [0, 0.1) is 55.4 Å². The van der Waals surface area contributed by atoms with Gasteiger partial charge in [0.25, 0.3) is 0 Å². The van der Waals surface area contributed by atoms with E-state index in [4.69, 9.17) is 0 Å². The molecule has 11 aromatic carbocycles. The number of benzene rings is 11. The third-order valence-electron chi connectivity index (χ3n) is 18.3. The van der Waals surface area contributed by atoms with E-state index in [2.05, 4.69) is 343 Å². The van der Waals surface area contributed by atoms with Gasteiger partial charge in [-0.2, -0.15) is 0 Å². The minimum absolute atomic E-state index is 0.527. The minimum Gasteiger partial charge on any atom is -0.332 e. The average Bonchev–Trinajstić information content (AvgIpc) is 1.68. The zero-order valence-electron chi connectivity index (χ0n) is 50.8. The third kappa shape index (κ3) is 9.32. The molecule has 0 saturated carbocycles. The molecule has 0 bridgehead atoms. The van der Waals surface area contributed by atoms with E-state index in [1.165, 1.54) is 89.0 Å². The number of rotatable bonds is 12. The Labute approximate surface area is 508 Å². The van der Waals surface area contributed by atoms with Crippen LogP contribution in [-0.2, 0) is 5.41 Å². The van der Waals surface area contributed by atoms with E-state index < -0.39 is 11.0 Å². The molecule has 0 heterocycles. The van der Waals surface area contributed by atoms with Gasteiger partial charge in [0.1, 0.15) is 0 Å². The van der Waals surface area contributed by atoms with Crippen LogP contribution < -0.4 is 19.6 Å². The Hall–Kier alpha value is -9.90. The van der Waals surface area contributed by atoms with E-state index in [0.717, 1.165) is 69.0 Å². The van der Waals surface area contributed by atoms with E-state index in [9.17, 15) is 0 Å². The highest BCUT2D eigenvalue weighted by atomic mass is 15.2. The lowest BCUT2D eigenvalue weighted by Crippen LogP contribution is -2.45. The molecule has 3 aliphatic carbocycles. The Bertz CT molecular complexity index is 4090. The second-order valence-corrected chi connectivity index (χ2v) is 24.7. The first-order valence-electron chi connectivity index (χ1n) is 30.3. The fraction of sp³-hybridized carbons (Fsp3) is 0.146. The molecule has 0 amide bonds. The van der Waals surface area contributed by atoms with Gasteiger partial charge in [-0.25, -0.2) is 0 Å². The number of fused-ring (bicyclic) bond motifs is 9. The monoisotopic (exact) mass is 1110 g/mol. The van der Waals surface area contributed by atoms with Crippen LogP contribution >= 0.6 is 0 Å². The Morgan fingerprint density at radius 1 is 0.267 bits per heavy atom. The van der Waals surface area contributed by atoms with Crippen LogP contribution in [0.25, 0.3) is 16.7 Å². The molecule has 0 radical (unpaired) electrons. The molecule has 11 aromatic rings. The second kappa shape index (κ2) is 21.3. The quantitative estimate of drug-likeness (QED) is 0.121. The van der Waals surface area contributed by atoms with Gasteiger partial charge in [0.05, 0.1) is 11.0 Å². The molecule has 14 rings (SSSR count). The lowest BCUT2D eigenvalue weighted by Gasteiger charge is -2.46. The fourth-order valence-electron chi connectivity index (χ4n) is 13.8. The van der Waals surface area contributed by atoms with Gasteiger partial charge >= 0.3 is 0 Å². The first kappa shape index (κ1) is 54.1. The van der Waals surface area contributed by atoms with Crippen molar-refractivity contribution in [3.05, 3.63) is 333 Å². The Morgan fingerprint density at radius 3 is 0.779 bits per heavy atom. The largest absolute Gasteiger partial charge is 0.332 e. The van der Waals surface area contributed by atoms with Gasteiger partial charge in [-0.15, -0.1) is 0 Å². The van der Waals surface area contributed by atoms with Crippen molar-refractivity contribution in [3.63, 3.8) is 0 Å². The maximum atomic E-state index is 2.60. The second-order valence-electron chi connectivity index (χ2n) is 24.7. The van der Waals surface area contributed by atoms with Crippen molar-refractivity contribution >= 4 is 68.1 Å².